The molecule has 0 saturated heterocycles. The SMILES string of the molecule is COC1c2c(-c3ccccc3)c(-c3occ4ccccc34)c(CC(=O)O)n2CC1(C)C. The first-order valence-corrected chi connectivity index (χ1v) is 10.4. The lowest BCUT2D eigenvalue weighted by Crippen LogP contribution is -2.21. The smallest absolute Gasteiger partial charge is 0.309 e. The van der Waals surface area contributed by atoms with E-state index in [0.29, 0.717) is 12.3 Å². The van der Waals surface area contributed by atoms with Gasteiger partial charge in [-0.25, -0.2) is 0 Å². The Bertz CT molecular complexity index is 1280. The zero-order valence-corrected chi connectivity index (χ0v) is 17.9. The number of fused-ring (bicyclic) bond motifs is 2. The Kier molecular flexibility index (Phi) is 4.52. The van der Waals surface area contributed by atoms with Crippen LogP contribution in [0.5, 0.6) is 0 Å². The average molecular weight is 415 g/mol. The molecule has 1 N–H and O–H groups in total. The third-order valence-electron chi connectivity index (χ3n) is 6.29. The molecule has 158 valence electrons. The zero-order chi connectivity index (χ0) is 21.8. The van der Waals surface area contributed by atoms with Crippen molar-refractivity contribution in [2.75, 3.05) is 7.11 Å². The van der Waals surface area contributed by atoms with Crippen molar-refractivity contribution in [3.63, 3.8) is 0 Å². The van der Waals surface area contributed by atoms with Gasteiger partial charge in [-0.15, -0.1) is 0 Å². The molecule has 5 rings (SSSR count). The quantitative estimate of drug-likeness (QED) is 0.439. The number of hydrogen-bond acceptors (Lipinski definition) is 3. The van der Waals surface area contributed by atoms with Crippen LogP contribution in [0.2, 0.25) is 0 Å². The van der Waals surface area contributed by atoms with Gasteiger partial charge >= 0.3 is 5.97 Å². The largest absolute Gasteiger partial charge is 0.481 e. The molecule has 0 spiro atoms. The van der Waals surface area contributed by atoms with Crippen LogP contribution in [0.3, 0.4) is 0 Å². The summed E-state index contributed by atoms with van der Waals surface area (Å²) in [5.74, 6) is -0.157. The number of carbonyl (C=O) groups is 1. The van der Waals surface area contributed by atoms with Gasteiger partial charge in [0.1, 0.15) is 11.9 Å². The molecule has 2 aromatic heterocycles. The Balaban J connectivity index is 1.91. The fourth-order valence-electron chi connectivity index (χ4n) is 5.09. The van der Waals surface area contributed by atoms with Gasteiger partial charge in [0.15, 0.2) is 0 Å². The predicted octanol–water partition coefficient (Wildman–Crippen LogP) is 5.92. The number of hydrogen-bond donors (Lipinski definition) is 1. The minimum Gasteiger partial charge on any atom is -0.481 e. The molecule has 0 fully saturated rings. The Morgan fingerprint density at radius 3 is 2.55 bits per heavy atom. The topological polar surface area (TPSA) is 64.6 Å². The summed E-state index contributed by atoms with van der Waals surface area (Å²) in [6, 6.07) is 18.1. The third-order valence-corrected chi connectivity index (χ3v) is 6.29. The monoisotopic (exact) mass is 415 g/mol. The van der Waals surface area contributed by atoms with Crippen LogP contribution < -0.4 is 0 Å². The second-order valence-electron chi connectivity index (χ2n) is 8.86. The minimum atomic E-state index is -0.865. The first kappa shape index (κ1) is 19.6. The summed E-state index contributed by atoms with van der Waals surface area (Å²) in [4.78, 5) is 11.9. The molecule has 0 amide bonds. The highest BCUT2D eigenvalue weighted by Gasteiger charge is 2.45. The molecule has 1 aliphatic heterocycles. The maximum atomic E-state index is 11.9. The molecular weight excluding hydrogens is 390 g/mol. The molecule has 4 aromatic rings. The second-order valence-corrected chi connectivity index (χ2v) is 8.86. The van der Waals surface area contributed by atoms with Gasteiger partial charge in [-0.05, 0) is 5.56 Å². The van der Waals surface area contributed by atoms with Gasteiger partial charge < -0.3 is 18.8 Å². The van der Waals surface area contributed by atoms with E-state index in [1.54, 1.807) is 13.4 Å². The molecular formula is C26H25NO4. The first-order valence-electron chi connectivity index (χ1n) is 10.4. The molecule has 0 radical (unpaired) electrons. The number of benzene rings is 2. The van der Waals surface area contributed by atoms with Gasteiger partial charge in [0.25, 0.3) is 0 Å². The highest BCUT2D eigenvalue weighted by Crippen LogP contribution is 2.54. The van der Waals surface area contributed by atoms with E-state index in [0.717, 1.165) is 38.9 Å². The van der Waals surface area contributed by atoms with Crippen molar-refractivity contribution in [1.29, 1.82) is 0 Å². The Morgan fingerprint density at radius 1 is 1.13 bits per heavy atom. The molecule has 5 heteroatoms. The lowest BCUT2D eigenvalue weighted by molar-refractivity contribution is -0.136. The van der Waals surface area contributed by atoms with Crippen LogP contribution in [0.1, 0.15) is 31.3 Å². The molecule has 31 heavy (non-hydrogen) atoms. The van der Waals surface area contributed by atoms with E-state index in [2.05, 4.69) is 30.5 Å². The lowest BCUT2D eigenvalue weighted by atomic mass is 9.84. The van der Waals surface area contributed by atoms with Crippen LogP contribution in [-0.2, 0) is 22.5 Å². The van der Waals surface area contributed by atoms with Crippen molar-refractivity contribution in [3.8, 4) is 22.5 Å². The minimum absolute atomic E-state index is 0.0866. The van der Waals surface area contributed by atoms with E-state index in [4.69, 9.17) is 9.15 Å². The summed E-state index contributed by atoms with van der Waals surface area (Å²) in [6.07, 6.45) is 1.49. The Hall–Kier alpha value is -3.31. The van der Waals surface area contributed by atoms with E-state index in [-0.39, 0.29) is 17.9 Å². The molecule has 1 unspecified atom stereocenters. The fourth-order valence-corrected chi connectivity index (χ4v) is 5.09. The van der Waals surface area contributed by atoms with E-state index >= 15 is 0 Å². The summed E-state index contributed by atoms with van der Waals surface area (Å²) in [7, 11) is 1.72. The van der Waals surface area contributed by atoms with Crippen molar-refractivity contribution >= 4 is 16.7 Å². The number of ether oxygens (including phenoxy) is 1. The third kappa shape index (κ3) is 3.00. The van der Waals surface area contributed by atoms with Gasteiger partial charge in [-0.1, -0.05) is 68.4 Å². The molecule has 3 heterocycles. The van der Waals surface area contributed by atoms with Crippen LogP contribution in [-0.4, -0.2) is 22.8 Å². The standard InChI is InChI=1S/C26H25NO4/c1-26(2)15-27-19(13-20(28)29)22(24-18-12-8-7-11-17(18)14-31-24)21(23(27)25(26)30-3)16-9-5-4-6-10-16/h4-12,14,25H,13,15H2,1-3H3,(H,28,29). The molecule has 0 saturated carbocycles. The maximum absolute atomic E-state index is 11.9. The van der Waals surface area contributed by atoms with Gasteiger partial charge in [-0.2, -0.15) is 0 Å². The Morgan fingerprint density at radius 2 is 1.84 bits per heavy atom. The van der Waals surface area contributed by atoms with Crippen molar-refractivity contribution in [2.24, 2.45) is 5.41 Å². The molecule has 2 aromatic carbocycles. The van der Waals surface area contributed by atoms with Crippen LogP contribution >= 0.6 is 0 Å². The predicted molar refractivity (Wildman–Crippen MR) is 120 cm³/mol. The number of aromatic nitrogens is 1. The van der Waals surface area contributed by atoms with E-state index in [1.165, 1.54) is 0 Å². The normalized spacial score (nSPS) is 17.2. The molecule has 1 atom stereocenters. The van der Waals surface area contributed by atoms with E-state index in [9.17, 15) is 9.90 Å². The molecule has 1 aliphatic rings. The van der Waals surface area contributed by atoms with Gasteiger partial charge in [0.05, 0.1) is 18.4 Å². The number of methoxy groups -OCH3 is 1. The summed E-state index contributed by atoms with van der Waals surface area (Å²) in [5.41, 5.74) is 4.49. The van der Waals surface area contributed by atoms with Crippen LogP contribution in [0.15, 0.2) is 65.3 Å². The van der Waals surface area contributed by atoms with Gasteiger partial charge in [0, 0.05) is 46.7 Å². The molecule has 0 aliphatic carbocycles. The van der Waals surface area contributed by atoms with Crippen LogP contribution in [0.25, 0.3) is 33.2 Å². The van der Waals surface area contributed by atoms with Crippen LogP contribution in [0.4, 0.5) is 0 Å². The van der Waals surface area contributed by atoms with Crippen molar-refractivity contribution in [2.45, 2.75) is 32.9 Å². The van der Waals surface area contributed by atoms with Crippen molar-refractivity contribution in [1.82, 2.24) is 4.57 Å². The van der Waals surface area contributed by atoms with Gasteiger partial charge in [-0.3, -0.25) is 4.79 Å². The number of carboxylic acid groups (broad SMARTS) is 1. The average Bonchev–Trinajstić information content (AvgIpc) is 3.37. The maximum Gasteiger partial charge on any atom is 0.309 e. The number of furan rings is 1. The van der Waals surface area contributed by atoms with Crippen LogP contribution in [0, 0.1) is 5.41 Å². The second kappa shape index (κ2) is 7.13. The lowest BCUT2D eigenvalue weighted by Gasteiger charge is -2.26. The number of nitrogens with zero attached hydrogens (tertiary/aromatic N) is 1. The first-order chi connectivity index (χ1) is 14.9. The molecule has 0 bridgehead atoms. The Labute approximate surface area is 180 Å². The van der Waals surface area contributed by atoms with Gasteiger partial charge in [0.2, 0.25) is 0 Å². The van der Waals surface area contributed by atoms with E-state index < -0.39 is 5.97 Å². The summed E-state index contributed by atoms with van der Waals surface area (Å²) >= 11 is 0. The summed E-state index contributed by atoms with van der Waals surface area (Å²) in [5, 5.41) is 11.8. The number of rotatable bonds is 5. The van der Waals surface area contributed by atoms with Crippen molar-refractivity contribution < 1.29 is 19.1 Å². The van der Waals surface area contributed by atoms with E-state index in [1.807, 2.05) is 42.5 Å². The zero-order valence-electron chi connectivity index (χ0n) is 17.9. The molecule has 5 nitrogen and oxygen atoms in total. The highest BCUT2D eigenvalue weighted by atomic mass is 16.5. The summed E-state index contributed by atoms with van der Waals surface area (Å²) < 4.78 is 14.2. The summed E-state index contributed by atoms with van der Waals surface area (Å²) in [6.45, 7) is 5.01. The number of carboxylic acids is 1. The van der Waals surface area contributed by atoms with Crippen molar-refractivity contribution in [3.05, 3.63) is 72.2 Å². The highest BCUT2D eigenvalue weighted by molar-refractivity contribution is 6.00. The fraction of sp³-hybridized carbons (Fsp3) is 0.269. The number of aliphatic carboxylic acids is 1.